The van der Waals surface area contributed by atoms with Crippen molar-refractivity contribution >= 4 is 0 Å². The molecule has 1 heterocycles. The molecule has 0 saturated carbocycles. The van der Waals surface area contributed by atoms with Gasteiger partial charge in [0.15, 0.2) is 6.29 Å². The van der Waals surface area contributed by atoms with Gasteiger partial charge in [-0.2, -0.15) is 0 Å². The van der Waals surface area contributed by atoms with Crippen molar-refractivity contribution in [3.63, 3.8) is 0 Å². The predicted octanol–water partition coefficient (Wildman–Crippen LogP) is 0.685. The van der Waals surface area contributed by atoms with Gasteiger partial charge in [0.05, 0.1) is 5.60 Å². The Morgan fingerprint density at radius 2 is 2.09 bits per heavy atom. The second-order valence-corrected chi connectivity index (χ2v) is 3.15. The highest BCUT2D eigenvalue weighted by Crippen LogP contribution is 2.24. The zero-order valence-electron chi connectivity index (χ0n) is 7.07. The zero-order valence-corrected chi connectivity index (χ0v) is 7.07. The molecule has 0 aromatic rings. The van der Waals surface area contributed by atoms with Crippen LogP contribution < -0.4 is 0 Å². The Balaban J connectivity index is 2.72. The fourth-order valence-corrected chi connectivity index (χ4v) is 1.21. The van der Waals surface area contributed by atoms with E-state index in [0.717, 1.165) is 0 Å². The Labute approximate surface area is 66.6 Å². The normalized spacial score (nSPS) is 35.6. The van der Waals surface area contributed by atoms with Crippen LogP contribution in [0.4, 0.5) is 0 Å². The van der Waals surface area contributed by atoms with Gasteiger partial charge in [-0.05, 0) is 19.9 Å². The zero-order chi connectivity index (χ0) is 8.48. The van der Waals surface area contributed by atoms with E-state index in [-0.39, 0.29) is 6.10 Å². The minimum Gasteiger partial charge on any atom is -0.374 e. The predicted molar refractivity (Wildman–Crippen MR) is 41.1 cm³/mol. The van der Waals surface area contributed by atoms with Crippen LogP contribution >= 0.6 is 0 Å². The van der Waals surface area contributed by atoms with E-state index in [9.17, 15) is 0 Å². The van der Waals surface area contributed by atoms with Gasteiger partial charge in [-0.1, -0.05) is 6.08 Å². The molecule has 0 radical (unpaired) electrons. The number of hydrogen-bond acceptors (Lipinski definition) is 3. The summed E-state index contributed by atoms with van der Waals surface area (Å²) in [6.07, 6.45) is 2.52. The Hall–Kier alpha value is -0.380. The number of methoxy groups -OCH3 is 1. The van der Waals surface area contributed by atoms with Crippen LogP contribution in [-0.4, -0.2) is 30.2 Å². The van der Waals surface area contributed by atoms with Crippen molar-refractivity contribution in [3.05, 3.63) is 12.2 Å². The molecular weight excluding hydrogens is 144 g/mol. The van der Waals surface area contributed by atoms with Crippen molar-refractivity contribution in [2.75, 3.05) is 7.11 Å². The molecule has 0 saturated heterocycles. The van der Waals surface area contributed by atoms with Crippen LogP contribution in [-0.2, 0) is 9.47 Å². The van der Waals surface area contributed by atoms with E-state index >= 15 is 0 Å². The molecule has 0 amide bonds. The number of rotatable bonds is 1. The summed E-state index contributed by atoms with van der Waals surface area (Å²) in [5.74, 6) is 0. The lowest BCUT2D eigenvalue weighted by atomic mass is 9.99. The molecule has 0 fully saturated rings. The van der Waals surface area contributed by atoms with Crippen molar-refractivity contribution in [3.8, 4) is 0 Å². The van der Waals surface area contributed by atoms with Gasteiger partial charge in [-0.15, -0.1) is 0 Å². The average molecular weight is 158 g/mol. The second-order valence-electron chi connectivity index (χ2n) is 3.15. The molecule has 1 unspecified atom stereocenters. The van der Waals surface area contributed by atoms with Crippen molar-refractivity contribution in [2.24, 2.45) is 0 Å². The maximum atomic E-state index is 9.09. The van der Waals surface area contributed by atoms with Crippen molar-refractivity contribution in [2.45, 2.75) is 31.8 Å². The highest BCUT2D eigenvalue weighted by molar-refractivity contribution is 5.04. The first kappa shape index (κ1) is 8.71. The topological polar surface area (TPSA) is 38.7 Å². The lowest BCUT2D eigenvalue weighted by molar-refractivity contribution is -0.191. The average Bonchev–Trinajstić information content (AvgIpc) is 1.85. The van der Waals surface area contributed by atoms with Crippen LogP contribution in [0.2, 0.25) is 0 Å². The number of ether oxygens (including phenoxy) is 2. The van der Waals surface area contributed by atoms with Crippen LogP contribution in [0, 0.1) is 0 Å². The van der Waals surface area contributed by atoms with Crippen molar-refractivity contribution < 1.29 is 14.6 Å². The quantitative estimate of drug-likeness (QED) is 0.570. The summed E-state index contributed by atoms with van der Waals surface area (Å²) >= 11 is 0. The molecule has 3 nitrogen and oxygen atoms in total. The first-order valence-electron chi connectivity index (χ1n) is 3.63. The van der Waals surface area contributed by atoms with E-state index in [1.165, 1.54) is 0 Å². The van der Waals surface area contributed by atoms with E-state index in [2.05, 4.69) is 0 Å². The number of hydrogen-bond donors (Lipinski definition) is 1. The largest absolute Gasteiger partial charge is 0.374 e. The third-order valence-corrected chi connectivity index (χ3v) is 1.81. The Bertz CT molecular complexity index is 163. The molecule has 1 aliphatic heterocycles. The fourth-order valence-electron chi connectivity index (χ4n) is 1.21. The summed E-state index contributed by atoms with van der Waals surface area (Å²) in [4.78, 5) is 0. The van der Waals surface area contributed by atoms with Crippen LogP contribution in [0.1, 0.15) is 13.8 Å². The van der Waals surface area contributed by atoms with Gasteiger partial charge >= 0.3 is 0 Å². The van der Waals surface area contributed by atoms with Crippen molar-refractivity contribution in [1.29, 1.82) is 0 Å². The van der Waals surface area contributed by atoms with E-state index < -0.39 is 11.9 Å². The lowest BCUT2D eigenvalue weighted by Gasteiger charge is -2.35. The maximum Gasteiger partial charge on any atom is 0.174 e. The molecule has 3 heteroatoms. The molecular formula is C8H14O3. The highest BCUT2D eigenvalue weighted by Gasteiger charge is 2.33. The molecule has 0 bridgehead atoms. The second kappa shape index (κ2) is 2.93. The summed E-state index contributed by atoms with van der Waals surface area (Å²) in [7, 11) is 1.62. The lowest BCUT2D eigenvalue weighted by Crippen LogP contribution is -2.44. The fraction of sp³-hybridized carbons (Fsp3) is 0.750. The number of aliphatic hydroxyl groups is 1. The maximum absolute atomic E-state index is 9.09. The monoisotopic (exact) mass is 158 g/mol. The van der Waals surface area contributed by atoms with Gasteiger partial charge in [0.25, 0.3) is 0 Å². The molecule has 1 aliphatic rings. The third-order valence-electron chi connectivity index (χ3n) is 1.81. The number of aliphatic hydroxyl groups excluding tert-OH is 1. The summed E-state index contributed by atoms with van der Waals surface area (Å²) < 4.78 is 10.4. The minimum absolute atomic E-state index is 0.0779. The molecule has 1 rings (SSSR count). The molecule has 64 valence electrons. The van der Waals surface area contributed by atoms with Gasteiger partial charge in [-0.25, -0.2) is 0 Å². The smallest absolute Gasteiger partial charge is 0.174 e. The third kappa shape index (κ3) is 1.80. The van der Waals surface area contributed by atoms with Gasteiger partial charge in [0.2, 0.25) is 0 Å². The first-order chi connectivity index (χ1) is 5.06. The van der Waals surface area contributed by atoms with Crippen LogP contribution in [0.5, 0.6) is 0 Å². The van der Waals surface area contributed by atoms with Gasteiger partial charge in [0, 0.05) is 7.11 Å². The summed E-state index contributed by atoms with van der Waals surface area (Å²) in [6.45, 7) is 3.77. The van der Waals surface area contributed by atoms with Gasteiger partial charge in [0.1, 0.15) is 6.10 Å². The van der Waals surface area contributed by atoms with Crippen LogP contribution in [0.25, 0.3) is 0 Å². The van der Waals surface area contributed by atoms with Gasteiger partial charge < -0.3 is 14.6 Å². The summed E-state index contributed by atoms with van der Waals surface area (Å²) in [5, 5.41) is 9.09. The van der Waals surface area contributed by atoms with Crippen LogP contribution in [0.3, 0.4) is 0 Å². The Morgan fingerprint density at radius 3 is 2.55 bits per heavy atom. The molecule has 0 spiro atoms. The molecule has 11 heavy (non-hydrogen) atoms. The van der Waals surface area contributed by atoms with E-state index in [4.69, 9.17) is 14.6 Å². The summed E-state index contributed by atoms with van der Waals surface area (Å²) in [6, 6.07) is 0. The van der Waals surface area contributed by atoms with Crippen LogP contribution in [0.15, 0.2) is 12.2 Å². The molecule has 0 aliphatic carbocycles. The SMILES string of the molecule is CO[C@@H]1C=CC(O)OC1(C)C. The molecule has 2 atom stereocenters. The van der Waals surface area contributed by atoms with E-state index in [0.29, 0.717) is 0 Å². The van der Waals surface area contributed by atoms with Gasteiger partial charge in [-0.3, -0.25) is 0 Å². The molecule has 0 aromatic carbocycles. The Morgan fingerprint density at radius 1 is 1.45 bits per heavy atom. The van der Waals surface area contributed by atoms with Crippen molar-refractivity contribution in [1.82, 2.24) is 0 Å². The summed E-state index contributed by atoms with van der Waals surface area (Å²) in [5.41, 5.74) is -0.442. The van der Waals surface area contributed by atoms with E-state index in [1.807, 2.05) is 19.9 Å². The Kier molecular flexibility index (Phi) is 2.32. The highest BCUT2D eigenvalue weighted by atomic mass is 16.6. The first-order valence-corrected chi connectivity index (χ1v) is 3.63. The minimum atomic E-state index is -0.795. The van der Waals surface area contributed by atoms with E-state index in [1.54, 1.807) is 13.2 Å². The molecule has 1 N–H and O–H groups in total. The molecule has 0 aromatic heterocycles. The standard InChI is InChI=1S/C8H14O3/c1-8(2)6(10-3)4-5-7(9)11-8/h4-7,9H,1-3H3/t6-,7?/m1/s1.